The summed E-state index contributed by atoms with van der Waals surface area (Å²) in [6, 6.07) is 0.377. The lowest BCUT2D eigenvalue weighted by molar-refractivity contribution is -0.138. The van der Waals surface area contributed by atoms with Crippen LogP contribution in [0.25, 0.3) is 0 Å². The van der Waals surface area contributed by atoms with E-state index in [4.69, 9.17) is 11.6 Å². The fourth-order valence-corrected chi connectivity index (χ4v) is 3.26. The van der Waals surface area contributed by atoms with Crippen molar-refractivity contribution in [3.63, 3.8) is 0 Å². The van der Waals surface area contributed by atoms with Gasteiger partial charge in [0.25, 0.3) is 0 Å². The molecule has 2 saturated heterocycles. The highest BCUT2D eigenvalue weighted by Gasteiger charge is 2.34. The van der Waals surface area contributed by atoms with Crippen molar-refractivity contribution < 1.29 is 22.8 Å². The van der Waals surface area contributed by atoms with Crippen molar-refractivity contribution in [2.24, 2.45) is 0 Å². The van der Waals surface area contributed by atoms with E-state index in [0.29, 0.717) is 39.0 Å². The Kier molecular flexibility index (Phi) is 4.77. The SMILES string of the molecule is O=C1CC[C@@H](C(=O)N2CCN(c3ncc(C(F)(F)F)cc3Cl)CC2)N1. The van der Waals surface area contributed by atoms with E-state index in [0.717, 1.165) is 12.3 Å². The molecule has 2 aliphatic heterocycles. The second-order valence-corrected chi connectivity index (χ2v) is 6.41. The summed E-state index contributed by atoms with van der Waals surface area (Å²) in [5, 5.41) is 2.57. The normalized spacial score (nSPS) is 21.4. The van der Waals surface area contributed by atoms with Crippen molar-refractivity contribution in [1.29, 1.82) is 0 Å². The van der Waals surface area contributed by atoms with E-state index in [9.17, 15) is 22.8 Å². The third-order valence-corrected chi connectivity index (χ3v) is 4.61. The average Bonchev–Trinajstić information content (AvgIpc) is 3.00. The number of anilines is 1. The number of carbonyl (C=O) groups excluding carboxylic acids is 2. The van der Waals surface area contributed by atoms with Crippen molar-refractivity contribution in [2.45, 2.75) is 25.1 Å². The smallest absolute Gasteiger partial charge is 0.352 e. The maximum absolute atomic E-state index is 12.7. The summed E-state index contributed by atoms with van der Waals surface area (Å²) in [4.78, 5) is 30.8. The zero-order valence-electron chi connectivity index (χ0n) is 13.1. The van der Waals surface area contributed by atoms with Crippen LogP contribution in [0.15, 0.2) is 12.3 Å². The summed E-state index contributed by atoms with van der Waals surface area (Å²) in [6.07, 6.45) is -2.90. The second kappa shape index (κ2) is 6.70. The van der Waals surface area contributed by atoms with Crippen molar-refractivity contribution >= 4 is 29.2 Å². The Morgan fingerprint density at radius 2 is 1.96 bits per heavy atom. The van der Waals surface area contributed by atoms with E-state index in [1.54, 1.807) is 9.80 Å². The number of aromatic nitrogens is 1. The largest absolute Gasteiger partial charge is 0.417 e. The number of piperazine rings is 1. The van der Waals surface area contributed by atoms with Gasteiger partial charge < -0.3 is 15.1 Å². The molecule has 6 nitrogen and oxygen atoms in total. The summed E-state index contributed by atoms with van der Waals surface area (Å²) in [5.74, 6) is 0.0191. The number of rotatable bonds is 2. The number of nitrogens with zero attached hydrogens (tertiary/aromatic N) is 3. The molecule has 1 atom stereocenters. The summed E-state index contributed by atoms with van der Waals surface area (Å²) < 4.78 is 38.0. The van der Waals surface area contributed by atoms with Crippen molar-refractivity contribution in [3.05, 3.63) is 22.8 Å². The quantitative estimate of drug-likeness (QED) is 0.853. The number of pyridine rings is 1. The van der Waals surface area contributed by atoms with Crippen LogP contribution < -0.4 is 10.2 Å². The molecule has 1 aromatic rings. The van der Waals surface area contributed by atoms with Gasteiger partial charge in [0.1, 0.15) is 11.9 Å². The molecular formula is C15H16ClF3N4O2. The molecule has 1 N–H and O–H groups in total. The highest BCUT2D eigenvalue weighted by molar-refractivity contribution is 6.33. The van der Waals surface area contributed by atoms with E-state index < -0.39 is 17.8 Å². The Labute approximate surface area is 146 Å². The van der Waals surface area contributed by atoms with Crippen LogP contribution in [0, 0.1) is 0 Å². The molecule has 3 heterocycles. The van der Waals surface area contributed by atoms with Crippen molar-refractivity contribution in [1.82, 2.24) is 15.2 Å². The molecule has 1 aromatic heterocycles. The van der Waals surface area contributed by atoms with E-state index >= 15 is 0 Å². The van der Waals surface area contributed by atoms with E-state index in [2.05, 4.69) is 10.3 Å². The Hall–Kier alpha value is -2.03. The molecule has 0 saturated carbocycles. The molecule has 0 aromatic carbocycles. The van der Waals surface area contributed by atoms with Gasteiger partial charge in [-0.15, -0.1) is 0 Å². The molecule has 2 fully saturated rings. The van der Waals surface area contributed by atoms with Crippen molar-refractivity contribution in [3.8, 4) is 0 Å². The molecule has 2 amide bonds. The molecular weight excluding hydrogens is 361 g/mol. The van der Waals surface area contributed by atoms with Crippen LogP contribution in [0.5, 0.6) is 0 Å². The molecule has 0 unspecified atom stereocenters. The number of hydrogen-bond acceptors (Lipinski definition) is 4. The molecule has 25 heavy (non-hydrogen) atoms. The Morgan fingerprint density at radius 3 is 2.48 bits per heavy atom. The van der Waals surface area contributed by atoms with E-state index in [-0.39, 0.29) is 22.7 Å². The molecule has 0 aliphatic carbocycles. The third kappa shape index (κ3) is 3.81. The number of amides is 2. The highest BCUT2D eigenvalue weighted by Crippen LogP contribution is 2.33. The van der Waals surface area contributed by atoms with Gasteiger partial charge in [-0.25, -0.2) is 4.98 Å². The molecule has 0 bridgehead atoms. The molecule has 136 valence electrons. The Morgan fingerprint density at radius 1 is 1.28 bits per heavy atom. The van der Waals surface area contributed by atoms with Gasteiger partial charge >= 0.3 is 6.18 Å². The predicted octanol–water partition coefficient (Wildman–Crippen LogP) is 1.68. The van der Waals surface area contributed by atoms with E-state index in [1.807, 2.05) is 0 Å². The zero-order chi connectivity index (χ0) is 18.2. The van der Waals surface area contributed by atoms with Crippen LogP contribution in [0.3, 0.4) is 0 Å². The van der Waals surface area contributed by atoms with Crippen LogP contribution in [0.2, 0.25) is 5.02 Å². The monoisotopic (exact) mass is 376 g/mol. The minimum atomic E-state index is -4.49. The summed E-state index contributed by atoms with van der Waals surface area (Å²) >= 11 is 5.96. The van der Waals surface area contributed by atoms with Gasteiger partial charge in [-0.3, -0.25) is 9.59 Å². The first kappa shape index (κ1) is 17.8. The predicted molar refractivity (Wildman–Crippen MR) is 84.2 cm³/mol. The molecule has 0 spiro atoms. The zero-order valence-corrected chi connectivity index (χ0v) is 13.9. The van der Waals surface area contributed by atoms with Gasteiger partial charge in [0.05, 0.1) is 10.6 Å². The first-order valence-electron chi connectivity index (χ1n) is 7.81. The average molecular weight is 377 g/mol. The number of nitrogens with one attached hydrogen (secondary N) is 1. The van der Waals surface area contributed by atoms with Gasteiger partial charge in [-0.2, -0.15) is 13.2 Å². The van der Waals surface area contributed by atoms with E-state index in [1.165, 1.54) is 0 Å². The van der Waals surface area contributed by atoms with Crippen LogP contribution in [0.1, 0.15) is 18.4 Å². The van der Waals surface area contributed by atoms with Crippen LogP contribution in [0.4, 0.5) is 19.0 Å². The number of halogens is 4. The van der Waals surface area contributed by atoms with Gasteiger partial charge in [0.15, 0.2) is 0 Å². The van der Waals surface area contributed by atoms with Crippen LogP contribution >= 0.6 is 11.6 Å². The lowest BCUT2D eigenvalue weighted by atomic mass is 10.2. The molecule has 2 aliphatic rings. The Balaban J connectivity index is 1.62. The summed E-state index contributed by atoms with van der Waals surface area (Å²) in [5.41, 5.74) is -0.896. The van der Waals surface area contributed by atoms with Gasteiger partial charge in [-0.1, -0.05) is 11.6 Å². The van der Waals surface area contributed by atoms with Gasteiger partial charge in [0, 0.05) is 38.8 Å². The first-order chi connectivity index (χ1) is 11.8. The fourth-order valence-electron chi connectivity index (χ4n) is 2.98. The lowest BCUT2D eigenvalue weighted by Crippen LogP contribution is -2.53. The fraction of sp³-hybridized carbons (Fsp3) is 0.533. The van der Waals surface area contributed by atoms with Gasteiger partial charge in [0.2, 0.25) is 11.8 Å². The summed E-state index contributed by atoms with van der Waals surface area (Å²) in [7, 11) is 0. The van der Waals surface area contributed by atoms with Crippen LogP contribution in [-0.4, -0.2) is 53.9 Å². The number of carbonyl (C=O) groups is 2. The van der Waals surface area contributed by atoms with Crippen molar-refractivity contribution in [2.75, 3.05) is 31.1 Å². The topological polar surface area (TPSA) is 65.5 Å². The highest BCUT2D eigenvalue weighted by atomic mass is 35.5. The molecule has 10 heteroatoms. The van der Waals surface area contributed by atoms with Crippen LogP contribution in [-0.2, 0) is 15.8 Å². The Bertz CT molecular complexity index is 690. The maximum atomic E-state index is 12.7. The van der Waals surface area contributed by atoms with Gasteiger partial charge in [-0.05, 0) is 12.5 Å². The minimum Gasteiger partial charge on any atom is -0.352 e. The first-order valence-corrected chi connectivity index (χ1v) is 8.19. The molecule has 0 radical (unpaired) electrons. The number of hydrogen-bond donors (Lipinski definition) is 1. The second-order valence-electron chi connectivity index (χ2n) is 6.00. The molecule has 3 rings (SSSR count). The number of alkyl halides is 3. The lowest BCUT2D eigenvalue weighted by Gasteiger charge is -2.36. The standard InChI is InChI=1S/C15H16ClF3N4O2/c16-10-7-9(15(17,18)19)8-20-13(10)22-3-5-23(6-4-22)14(25)11-1-2-12(24)21-11/h7-8,11H,1-6H2,(H,21,24)/t11-/m0/s1. The summed E-state index contributed by atoms with van der Waals surface area (Å²) in [6.45, 7) is 1.60. The third-order valence-electron chi connectivity index (χ3n) is 4.33. The minimum absolute atomic E-state index is 0.0716. The maximum Gasteiger partial charge on any atom is 0.417 e.